The van der Waals surface area contributed by atoms with Crippen LogP contribution in [0.3, 0.4) is 0 Å². The number of hydrogen-bond donors (Lipinski definition) is 2. The lowest BCUT2D eigenvalue weighted by atomic mass is 9.93. The standard InChI is InChI=1S/C22H37N5O2/c1-5-24-22(27-12-10-18(11-13-27)16-21(28)23-2)25-17-19-8-6-7-9-20(19)29-15-14-26(3)4/h6-9,18H,5,10-17H2,1-4H3,(H,23,28)(H,24,25). The lowest BCUT2D eigenvalue weighted by Crippen LogP contribution is -2.46. The van der Waals surface area contributed by atoms with Crippen molar-refractivity contribution in [3.63, 3.8) is 0 Å². The minimum absolute atomic E-state index is 0.134. The maximum Gasteiger partial charge on any atom is 0.220 e. The lowest BCUT2D eigenvalue weighted by molar-refractivity contribution is -0.121. The van der Waals surface area contributed by atoms with Crippen LogP contribution < -0.4 is 15.4 Å². The fourth-order valence-electron chi connectivity index (χ4n) is 3.41. The maximum atomic E-state index is 11.6. The van der Waals surface area contributed by atoms with E-state index < -0.39 is 0 Å². The van der Waals surface area contributed by atoms with Crippen molar-refractivity contribution in [1.29, 1.82) is 0 Å². The van der Waals surface area contributed by atoms with Crippen LogP contribution in [0.5, 0.6) is 5.75 Å². The topological polar surface area (TPSA) is 69.2 Å². The van der Waals surface area contributed by atoms with E-state index >= 15 is 0 Å². The predicted molar refractivity (Wildman–Crippen MR) is 118 cm³/mol. The van der Waals surface area contributed by atoms with Crippen molar-refractivity contribution in [1.82, 2.24) is 20.4 Å². The molecule has 0 aromatic heterocycles. The zero-order chi connectivity index (χ0) is 21.1. The maximum absolute atomic E-state index is 11.6. The van der Waals surface area contributed by atoms with Crippen LogP contribution in [0.25, 0.3) is 0 Å². The van der Waals surface area contributed by atoms with Crippen molar-refractivity contribution >= 4 is 11.9 Å². The molecule has 1 aliphatic rings. The van der Waals surface area contributed by atoms with Crippen molar-refractivity contribution in [2.45, 2.75) is 32.7 Å². The van der Waals surface area contributed by atoms with Gasteiger partial charge in [-0.1, -0.05) is 18.2 Å². The number of para-hydroxylation sites is 1. The average molecular weight is 404 g/mol. The van der Waals surface area contributed by atoms with Crippen LogP contribution in [0.2, 0.25) is 0 Å². The van der Waals surface area contributed by atoms with Crippen LogP contribution in [0.1, 0.15) is 31.7 Å². The molecule has 0 atom stereocenters. The van der Waals surface area contributed by atoms with E-state index in [0.717, 1.165) is 56.3 Å². The van der Waals surface area contributed by atoms with Gasteiger partial charge in [0.2, 0.25) is 5.91 Å². The number of rotatable bonds is 9. The third-order valence-corrected chi connectivity index (χ3v) is 5.17. The summed E-state index contributed by atoms with van der Waals surface area (Å²) >= 11 is 0. The van der Waals surface area contributed by atoms with Gasteiger partial charge >= 0.3 is 0 Å². The fourth-order valence-corrected chi connectivity index (χ4v) is 3.41. The minimum atomic E-state index is 0.134. The molecule has 1 fully saturated rings. The molecule has 1 amide bonds. The largest absolute Gasteiger partial charge is 0.492 e. The van der Waals surface area contributed by atoms with Crippen LogP contribution in [-0.4, -0.2) is 75.6 Å². The molecule has 0 spiro atoms. The lowest BCUT2D eigenvalue weighted by Gasteiger charge is -2.34. The Bertz CT molecular complexity index is 654. The third-order valence-electron chi connectivity index (χ3n) is 5.17. The van der Waals surface area contributed by atoms with E-state index in [1.54, 1.807) is 7.05 Å². The summed E-state index contributed by atoms with van der Waals surface area (Å²) < 4.78 is 5.96. The number of hydrogen-bond acceptors (Lipinski definition) is 4. The molecular weight excluding hydrogens is 366 g/mol. The molecule has 2 rings (SSSR count). The molecule has 29 heavy (non-hydrogen) atoms. The molecule has 7 heteroatoms. The van der Waals surface area contributed by atoms with Crippen LogP contribution in [0.15, 0.2) is 29.3 Å². The number of benzene rings is 1. The molecule has 0 radical (unpaired) electrons. The molecule has 1 aromatic carbocycles. The van der Waals surface area contributed by atoms with Gasteiger partial charge in [-0.3, -0.25) is 4.79 Å². The van der Waals surface area contributed by atoms with Crippen LogP contribution >= 0.6 is 0 Å². The zero-order valence-electron chi connectivity index (χ0n) is 18.4. The second-order valence-corrected chi connectivity index (χ2v) is 7.74. The van der Waals surface area contributed by atoms with Crippen molar-refractivity contribution in [3.8, 4) is 5.75 Å². The van der Waals surface area contributed by atoms with Crippen LogP contribution in [0, 0.1) is 5.92 Å². The predicted octanol–water partition coefficient (Wildman–Crippen LogP) is 1.94. The van der Waals surface area contributed by atoms with Gasteiger partial charge in [-0.15, -0.1) is 0 Å². The van der Waals surface area contributed by atoms with Gasteiger partial charge in [0.15, 0.2) is 5.96 Å². The molecule has 0 saturated carbocycles. The van der Waals surface area contributed by atoms with Gasteiger partial charge < -0.3 is 25.2 Å². The number of ether oxygens (including phenoxy) is 1. The van der Waals surface area contributed by atoms with Crippen LogP contribution in [-0.2, 0) is 11.3 Å². The number of piperidine rings is 1. The highest BCUT2D eigenvalue weighted by molar-refractivity contribution is 5.80. The van der Waals surface area contributed by atoms with E-state index in [1.165, 1.54) is 0 Å². The average Bonchev–Trinajstić information content (AvgIpc) is 2.72. The summed E-state index contributed by atoms with van der Waals surface area (Å²) in [6, 6.07) is 8.12. The number of nitrogens with zero attached hydrogens (tertiary/aromatic N) is 3. The number of amides is 1. The van der Waals surface area contributed by atoms with Crippen molar-refractivity contribution in [3.05, 3.63) is 29.8 Å². The number of carbonyl (C=O) groups excluding carboxylic acids is 1. The van der Waals surface area contributed by atoms with Gasteiger partial charge in [0.1, 0.15) is 12.4 Å². The second-order valence-electron chi connectivity index (χ2n) is 7.74. The SMILES string of the molecule is CCNC(=NCc1ccccc1OCCN(C)C)N1CCC(CC(=O)NC)CC1. The first-order chi connectivity index (χ1) is 14.0. The minimum Gasteiger partial charge on any atom is -0.492 e. The molecular formula is C22H37N5O2. The van der Waals surface area contributed by atoms with E-state index in [9.17, 15) is 4.79 Å². The molecule has 0 unspecified atom stereocenters. The molecule has 7 nitrogen and oxygen atoms in total. The summed E-state index contributed by atoms with van der Waals surface area (Å²) in [6.45, 7) is 6.89. The Balaban J connectivity index is 1.97. The van der Waals surface area contributed by atoms with E-state index in [-0.39, 0.29) is 5.91 Å². The molecule has 1 heterocycles. The van der Waals surface area contributed by atoms with Gasteiger partial charge in [-0.05, 0) is 45.8 Å². The molecule has 0 bridgehead atoms. The van der Waals surface area contributed by atoms with Gasteiger partial charge in [-0.25, -0.2) is 4.99 Å². The highest BCUT2D eigenvalue weighted by Crippen LogP contribution is 2.22. The Morgan fingerprint density at radius 2 is 2.00 bits per heavy atom. The van der Waals surface area contributed by atoms with Gasteiger partial charge in [-0.2, -0.15) is 0 Å². The first kappa shape index (κ1) is 23.0. The molecule has 1 aromatic rings. The number of likely N-dealkylation sites (tertiary alicyclic amines) is 1. The molecule has 162 valence electrons. The molecule has 1 aliphatic heterocycles. The Morgan fingerprint density at radius 3 is 2.66 bits per heavy atom. The third kappa shape index (κ3) is 7.93. The summed E-state index contributed by atoms with van der Waals surface area (Å²) in [7, 11) is 5.79. The Morgan fingerprint density at radius 1 is 1.28 bits per heavy atom. The smallest absolute Gasteiger partial charge is 0.220 e. The summed E-state index contributed by atoms with van der Waals surface area (Å²) in [5, 5.41) is 6.14. The van der Waals surface area contributed by atoms with E-state index in [4.69, 9.17) is 9.73 Å². The number of guanidine groups is 1. The van der Waals surface area contributed by atoms with E-state index in [2.05, 4.69) is 33.4 Å². The van der Waals surface area contributed by atoms with Gasteiger partial charge in [0.25, 0.3) is 0 Å². The number of carbonyl (C=O) groups is 1. The normalized spacial score (nSPS) is 15.5. The second kappa shape index (κ2) is 12.3. The molecule has 0 aliphatic carbocycles. The Hall–Kier alpha value is -2.28. The summed E-state index contributed by atoms with van der Waals surface area (Å²) in [5.74, 6) is 2.43. The van der Waals surface area contributed by atoms with Crippen molar-refractivity contribution in [2.75, 3.05) is 53.9 Å². The zero-order valence-corrected chi connectivity index (χ0v) is 18.4. The van der Waals surface area contributed by atoms with Crippen molar-refractivity contribution in [2.24, 2.45) is 10.9 Å². The first-order valence-corrected chi connectivity index (χ1v) is 10.6. The number of likely N-dealkylation sites (N-methyl/N-ethyl adjacent to an activating group) is 1. The van der Waals surface area contributed by atoms with Gasteiger partial charge in [0, 0.05) is 45.2 Å². The quantitative estimate of drug-likeness (QED) is 0.487. The molecule has 2 N–H and O–H groups in total. The van der Waals surface area contributed by atoms with E-state index in [1.807, 2.05) is 32.3 Å². The van der Waals surface area contributed by atoms with E-state index in [0.29, 0.717) is 25.5 Å². The summed E-state index contributed by atoms with van der Waals surface area (Å²) in [5.41, 5.74) is 1.09. The Kier molecular flexibility index (Phi) is 9.77. The summed E-state index contributed by atoms with van der Waals surface area (Å²) in [4.78, 5) is 20.9. The number of aliphatic imine (C=N–C) groups is 1. The van der Waals surface area contributed by atoms with Gasteiger partial charge in [0.05, 0.1) is 6.54 Å². The summed E-state index contributed by atoms with van der Waals surface area (Å²) in [6.07, 6.45) is 2.65. The van der Waals surface area contributed by atoms with Crippen molar-refractivity contribution < 1.29 is 9.53 Å². The fraction of sp³-hybridized carbons (Fsp3) is 0.636. The first-order valence-electron chi connectivity index (χ1n) is 10.6. The Labute approximate surface area is 175 Å². The number of nitrogens with one attached hydrogen (secondary N) is 2. The highest BCUT2D eigenvalue weighted by atomic mass is 16.5. The highest BCUT2D eigenvalue weighted by Gasteiger charge is 2.23. The van der Waals surface area contributed by atoms with Crippen LogP contribution in [0.4, 0.5) is 0 Å². The molecule has 1 saturated heterocycles. The monoisotopic (exact) mass is 403 g/mol.